The fraction of sp³-hybridized carbons (Fsp3) is 0.795. The zero-order valence-corrected chi connectivity index (χ0v) is 28.5. The average molecular weight is 603 g/mol. The molecule has 4 nitrogen and oxygen atoms in total. The van der Waals surface area contributed by atoms with Gasteiger partial charge in [-0.15, -0.1) is 0 Å². The first-order valence-electron chi connectivity index (χ1n) is 18.5. The van der Waals surface area contributed by atoms with E-state index in [1.165, 1.54) is 116 Å². The maximum atomic E-state index is 12.4. The van der Waals surface area contributed by atoms with Crippen LogP contribution in [0.4, 0.5) is 0 Å². The molecule has 0 aromatic heterocycles. The molecule has 0 spiro atoms. The summed E-state index contributed by atoms with van der Waals surface area (Å²) in [6.07, 6.45) is 44.5. The molecule has 0 saturated heterocycles. The lowest BCUT2D eigenvalue weighted by Gasteiger charge is -2.18. The van der Waals surface area contributed by atoms with E-state index in [-0.39, 0.29) is 18.5 Å². The lowest BCUT2D eigenvalue weighted by Crippen LogP contribution is -2.18. The minimum atomic E-state index is -0.775. The Bertz CT molecular complexity index is 693. The number of esters is 1. The fourth-order valence-corrected chi connectivity index (χ4v) is 5.33. The zero-order valence-electron chi connectivity index (χ0n) is 28.5. The monoisotopic (exact) mass is 603 g/mol. The number of hydrogen-bond donors (Lipinski definition) is 1. The van der Waals surface area contributed by atoms with Gasteiger partial charge in [0.25, 0.3) is 0 Å². The Morgan fingerprint density at radius 2 is 0.930 bits per heavy atom. The molecule has 0 rings (SSSR count). The molecule has 1 atom stereocenters. The topological polar surface area (TPSA) is 63.6 Å². The SMILES string of the molecule is CCCCC/C=C\C/C=C\CCCC/C=C\CCCCCCCC(=O)OC(CCCCCCCCCC)CCCC(=O)O. The van der Waals surface area contributed by atoms with Gasteiger partial charge < -0.3 is 9.84 Å². The van der Waals surface area contributed by atoms with Gasteiger partial charge in [-0.3, -0.25) is 9.59 Å². The lowest BCUT2D eigenvalue weighted by atomic mass is 10.0. The van der Waals surface area contributed by atoms with Crippen LogP contribution in [0.2, 0.25) is 0 Å². The van der Waals surface area contributed by atoms with E-state index < -0.39 is 5.97 Å². The standard InChI is InChI=1S/C39H70O4/c1-3-5-7-9-11-13-14-15-16-17-18-19-20-21-22-23-24-25-27-29-31-36-39(42)43-37(34-32-35-38(40)41)33-30-28-26-12-10-8-6-4-2/h11,13,15-16,21-22,37H,3-10,12,14,17-20,23-36H2,1-2H3,(H,40,41)/b13-11-,16-15-,22-21-. The molecular formula is C39H70O4. The van der Waals surface area contributed by atoms with Gasteiger partial charge in [-0.1, -0.05) is 127 Å². The summed E-state index contributed by atoms with van der Waals surface area (Å²) in [6, 6.07) is 0. The minimum Gasteiger partial charge on any atom is -0.481 e. The van der Waals surface area contributed by atoms with E-state index in [0.717, 1.165) is 38.5 Å². The van der Waals surface area contributed by atoms with Crippen LogP contribution < -0.4 is 0 Å². The molecule has 0 heterocycles. The summed E-state index contributed by atoms with van der Waals surface area (Å²) in [6.45, 7) is 4.49. The van der Waals surface area contributed by atoms with Crippen LogP contribution in [0.3, 0.4) is 0 Å². The van der Waals surface area contributed by atoms with Crippen LogP contribution in [-0.4, -0.2) is 23.1 Å². The van der Waals surface area contributed by atoms with Crippen molar-refractivity contribution in [3.63, 3.8) is 0 Å². The molecule has 43 heavy (non-hydrogen) atoms. The predicted octanol–water partition coefficient (Wildman–Crippen LogP) is 12.6. The number of ether oxygens (including phenoxy) is 1. The van der Waals surface area contributed by atoms with Crippen molar-refractivity contribution in [1.82, 2.24) is 0 Å². The van der Waals surface area contributed by atoms with Crippen molar-refractivity contribution < 1.29 is 19.4 Å². The van der Waals surface area contributed by atoms with Crippen molar-refractivity contribution in [2.24, 2.45) is 0 Å². The second kappa shape index (κ2) is 34.6. The molecule has 0 aromatic carbocycles. The van der Waals surface area contributed by atoms with Crippen molar-refractivity contribution in [3.05, 3.63) is 36.5 Å². The number of carboxylic acids is 1. The number of rotatable bonds is 33. The van der Waals surface area contributed by atoms with Gasteiger partial charge in [-0.2, -0.15) is 0 Å². The van der Waals surface area contributed by atoms with E-state index in [0.29, 0.717) is 19.3 Å². The highest BCUT2D eigenvalue weighted by Gasteiger charge is 2.15. The van der Waals surface area contributed by atoms with E-state index in [1.807, 2.05) is 0 Å². The second-order valence-corrected chi connectivity index (χ2v) is 12.4. The minimum absolute atomic E-state index is 0.104. The van der Waals surface area contributed by atoms with E-state index in [1.54, 1.807) is 0 Å². The molecule has 1 unspecified atom stereocenters. The fourth-order valence-electron chi connectivity index (χ4n) is 5.33. The van der Waals surface area contributed by atoms with Crippen molar-refractivity contribution in [2.75, 3.05) is 0 Å². The highest BCUT2D eigenvalue weighted by molar-refractivity contribution is 5.69. The molecule has 0 aliphatic carbocycles. The summed E-state index contributed by atoms with van der Waals surface area (Å²) < 4.78 is 5.79. The molecule has 0 aliphatic heterocycles. The quantitative estimate of drug-likeness (QED) is 0.0461. The average Bonchev–Trinajstić information content (AvgIpc) is 2.99. The third kappa shape index (κ3) is 34.5. The first-order valence-corrected chi connectivity index (χ1v) is 18.5. The van der Waals surface area contributed by atoms with Crippen LogP contribution in [0.5, 0.6) is 0 Å². The van der Waals surface area contributed by atoms with Crippen LogP contribution in [0.1, 0.15) is 194 Å². The van der Waals surface area contributed by atoms with Gasteiger partial charge in [0.15, 0.2) is 0 Å². The Morgan fingerprint density at radius 3 is 1.51 bits per heavy atom. The normalized spacial score (nSPS) is 12.6. The first-order chi connectivity index (χ1) is 21.1. The number of unbranched alkanes of at least 4 members (excludes halogenated alkanes) is 18. The molecule has 250 valence electrons. The highest BCUT2D eigenvalue weighted by Crippen LogP contribution is 2.17. The summed E-state index contributed by atoms with van der Waals surface area (Å²) in [5, 5.41) is 8.96. The molecule has 0 amide bonds. The summed E-state index contributed by atoms with van der Waals surface area (Å²) in [5.74, 6) is -0.879. The number of hydrogen-bond acceptors (Lipinski definition) is 3. The summed E-state index contributed by atoms with van der Waals surface area (Å²) in [5.41, 5.74) is 0. The number of aliphatic carboxylic acids is 1. The van der Waals surface area contributed by atoms with Crippen molar-refractivity contribution in [2.45, 2.75) is 200 Å². The Hall–Kier alpha value is -1.84. The van der Waals surface area contributed by atoms with Crippen molar-refractivity contribution >= 4 is 11.9 Å². The van der Waals surface area contributed by atoms with E-state index in [9.17, 15) is 9.59 Å². The third-order valence-electron chi connectivity index (χ3n) is 8.08. The Kier molecular flexibility index (Phi) is 33.2. The Morgan fingerprint density at radius 1 is 0.512 bits per heavy atom. The smallest absolute Gasteiger partial charge is 0.306 e. The zero-order chi connectivity index (χ0) is 31.5. The third-order valence-corrected chi connectivity index (χ3v) is 8.08. The van der Waals surface area contributed by atoms with Gasteiger partial charge in [0.05, 0.1) is 0 Å². The van der Waals surface area contributed by atoms with Gasteiger partial charge in [-0.05, 0) is 89.9 Å². The molecule has 0 aliphatic rings. The van der Waals surface area contributed by atoms with E-state index in [4.69, 9.17) is 9.84 Å². The van der Waals surface area contributed by atoms with E-state index >= 15 is 0 Å². The molecule has 1 N–H and O–H groups in total. The lowest BCUT2D eigenvalue weighted by molar-refractivity contribution is -0.150. The first kappa shape index (κ1) is 41.2. The largest absolute Gasteiger partial charge is 0.481 e. The van der Waals surface area contributed by atoms with E-state index in [2.05, 4.69) is 50.3 Å². The second-order valence-electron chi connectivity index (χ2n) is 12.4. The van der Waals surface area contributed by atoms with Crippen LogP contribution in [0.15, 0.2) is 36.5 Å². The van der Waals surface area contributed by atoms with Crippen molar-refractivity contribution in [1.29, 1.82) is 0 Å². The molecule has 0 bridgehead atoms. The molecule has 4 heteroatoms. The van der Waals surface area contributed by atoms with Gasteiger partial charge >= 0.3 is 11.9 Å². The number of carboxylic acid groups (broad SMARTS) is 1. The number of carbonyl (C=O) groups is 2. The molecule has 0 aromatic rings. The summed E-state index contributed by atoms with van der Waals surface area (Å²) >= 11 is 0. The molecule has 0 fully saturated rings. The maximum Gasteiger partial charge on any atom is 0.306 e. The van der Waals surface area contributed by atoms with Gasteiger partial charge in [0, 0.05) is 12.8 Å². The predicted molar refractivity (Wildman–Crippen MR) is 186 cm³/mol. The van der Waals surface area contributed by atoms with Gasteiger partial charge in [0.2, 0.25) is 0 Å². The molecule has 0 saturated carbocycles. The number of allylic oxidation sites excluding steroid dienone is 6. The molecular weight excluding hydrogens is 532 g/mol. The summed E-state index contributed by atoms with van der Waals surface area (Å²) in [4.78, 5) is 23.3. The van der Waals surface area contributed by atoms with Gasteiger partial charge in [0.1, 0.15) is 6.10 Å². The summed E-state index contributed by atoms with van der Waals surface area (Å²) in [7, 11) is 0. The number of carbonyl (C=O) groups excluding carboxylic acids is 1. The van der Waals surface area contributed by atoms with Gasteiger partial charge in [-0.25, -0.2) is 0 Å². The Labute approximate surface area is 267 Å². The maximum absolute atomic E-state index is 12.4. The van der Waals surface area contributed by atoms with Crippen molar-refractivity contribution in [3.8, 4) is 0 Å². The highest BCUT2D eigenvalue weighted by atomic mass is 16.5. The van der Waals surface area contributed by atoms with Crippen LogP contribution in [0.25, 0.3) is 0 Å². The molecule has 0 radical (unpaired) electrons. The van der Waals surface area contributed by atoms with Crippen LogP contribution in [-0.2, 0) is 14.3 Å². The van der Waals surface area contributed by atoms with Crippen LogP contribution in [0, 0.1) is 0 Å². The Balaban J connectivity index is 3.76. The van der Waals surface area contributed by atoms with Crippen LogP contribution >= 0.6 is 0 Å².